The van der Waals surface area contributed by atoms with Crippen LogP contribution in [0.15, 0.2) is 28.8 Å². The molecule has 1 N–H and O–H groups in total. The largest absolute Gasteiger partial charge is 0.342 e. The number of nitrogens with one attached hydrogen (secondary N) is 1. The smallest absolute Gasteiger partial charge is 0.325 e. The van der Waals surface area contributed by atoms with E-state index in [0.29, 0.717) is 43.2 Å². The van der Waals surface area contributed by atoms with Gasteiger partial charge in [0.05, 0.1) is 5.92 Å². The molecule has 9 nitrogen and oxygen atoms in total. The molecule has 2 aliphatic heterocycles. The van der Waals surface area contributed by atoms with Gasteiger partial charge in [0.25, 0.3) is 5.91 Å². The van der Waals surface area contributed by atoms with Crippen molar-refractivity contribution in [1.82, 2.24) is 25.3 Å². The topological polar surface area (TPSA) is 109 Å². The number of rotatable bonds is 5. The zero-order valence-corrected chi connectivity index (χ0v) is 19.0. The van der Waals surface area contributed by atoms with Crippen molar-refractivity contribution in [3.63, 3.8) is 0 Å². The fourth-order valence-electron chi connectivity index (χ4n) is 5.29. The van der Waals surface area contributed by atoms with Gasteiger partial charge in [-0.2, -0.15) is 4.98 Å². The molecular formula is C24H28FN5O4. The number of imide groups is 1. The average molecular weight is 470 g/mol. The minimum absolute atomic E-state index is 0.0801. The van der Waals surface area contributed by atoms with Gasteiger partial charge in [0.1, 0.15) is 11.4 Å². The first kappa shape index (κ1) is 22.5. The van der Waals surface area contributed by atoms with Crippen LogP contribution in [0.5, 0.6) is 0 Å². The summed E-state index contributed by atoms with van der Waals surface area (Å²) in [4.78, 5) is 45.7. The molecule has 3 aliphatic rings. The third-order valence-electron chi connectivity index (χ3n) is 7.15. The van der Waals surface area contributed by atoms with Crippen molar-refractivity contribution in [3.8, 4) is 11.4 Å². The summed E-state index contributed by atoms with van der Waals surface area (Å²) in [5, 5.41) is 6.86. The number of likely N-dealkylation sites (tertiary alicyclic amines) is 1. The molecule has 34 heavy (non-hydrogen) atoms. The maximum atomic E-state index is 13.5. The minimum Gasteiger partial charge on any atom is -0.342 e. The zero-order valence-electron chi connectivity index (χ0n) is 19.0. The lowest BCUT2D eigenvalue weighted by Crippen LogP contribution is -2.48. The SMILES string of the molecule is O=C(CCN1C(=O)NC2(CCCCC2)C1=O)N1CCCC(c2nc(-c3cccc(F)c3)no2)C1. The van der Waals surface area contributed by atoms with Crippen LogP contribution in [0, 0.1) is 5.82 Å². The summed E-state index contributed by atoms with van der Waals surface area (Å²) in [7, 11) is 0. The lowest BCUT2D eigenvalue weighted by Gasteiger charge is -2.32. The predicted octanol–water partition coefficient (Wildman–Crippen LogP) is 3.23. The number of hydrogen-bond acceptors (Lipinski definition) is 6. The maximum absolute atomic E-state index is 13.5. The number of carbonyl (C=O) groups is 3. The van der Waals surface area contributed by atoms with E-state index < -0.39 is 11.6 Å². The molecule has 1 aromatic carbocycles. The van der Waals surface area contributed by atoms with E-state index in [0.717, 1.165) is 32.1 Å². The molecule has 2 aromatic rings. The fourth-order valence-corrected chi connectivity index (χ4v) is 5.29. The fraction of sp³-hybridized carbons (Fsp3) is 0.542. The molecule has 0 radical (unpaired) electrons. The number of benzene rings is 1. The van der Waals surface area contributed by atoms with Gasteiger partial charge in [-0.05, 0) is 37.8 Å². The summed E-state index contributed by atoms with van der Waals surface area (Å²) in [6.07, 6.45) is 5.90. The minimum atomic E-state index is -0.772. The molecule has 10 heteroatoms. The monoisotopic (exact) mass is 469 g/mol. The van der Waals surface area contributed by atoms with Crippen LogP contribution < -0.4 is 5.32 Å². The van der Waals surface area contributed by atoms with Crippen molar-refractivity contribution in [1.29, 1.82) is 0 Å². The van der Waals surface area contributed by atoms with E-state index in [4.69, 9.17) is 4.52 Å². The van der Waals surface area contributed by atoms with Gasteiger partial charge < -0.3 is 14.7 Å². The molecule has 180 valence electrons. The average Bonchev–Trinajstić information content (AvgIpc) is 3.42. The zero-order chi connectivity index (χ0) is 23.7. The molecule has 4 amide bonds. The molecule has 1 saturated carbocycles. The molecule has 1 aliphatic carbocycles. The highest BCUT2D eigenvalue weighted by atomic mass is 19.1. The van der Waals surface area contributed by atoms with E-state index in [9.17, 15) is 18.8 Å². The van der Waals surface area contributed by atoms with E-state index in [1.807, 2.05) is 0 Å². The quantitative estimate of drug-likeness (QED) is 0.674. The normalized spacial score (nSPS) is 22.3. The second-order valence-electron chi connectivity index (χ2n) is 9.43. The Morgan fingerprint density at radius 2 is 2.03 bits per heavy atom. The van der Waals surface area contributed by atoms with E-state index in [1.165, 1.54) is 17.0 Å². The number of nitrogens with zero attached hydrogens (tertiary/aromatic N) is 4. The van der Waals surface area contributed by atoms with Crippen LogP contribution in [0.4, 0.5) is 9.18 Å². The van der Waals surface area contributed by atoms with Gasteiger partial charge in [0, 0.05) is 31.6 Å². The molecule has 1 aromatic heterocycles. The molecule has 1 spiro atoms. The molecule has 5 rings (SSSR count). The van der Waals surface area contributed by atoms with Crippen molar-refractivity contribution in [3.05, 3.63) is 36.0 Å². The molecule has 2 saturated heterocycles. The van der Waals surface area contributed by atoms with Crippen LogP contribution in [0.25, 0.3) is 11.4 Å². The van der Waals surface area contributed by atoms with Crippen molar-refractivity contribution < 1.29 is 23.3 Å². The summed E-state index contributed by atoms with van der Waals surface area (Å²) in [6.45, 7) is 1.11. The van der Waals surface area contributed by atoms with Crippen molar-refractivity contribution in [2.24, 2.45) is 0 Å². The Morgan fingerprint density at radius 1 is 1.21 bits per heavy atom. The number of piperidine rings is 1. The Morgan fingerprint density at radius 3 is 2.82 bits per heavy atom. The van der Waals surface area contributed by atoms with Crippen LogP contribution >= 0.6 is 0 Å². The highest BCUT2D eigenvalue weighted by Gasteiger charge is 2.51. The lowest BCUT2D eigenvalue weighted by atomic mass is 9.82. The number of halogens is 1. The number of carbonyl (C=O) groups excluding carboxylic acids is 3. The Bertz CT molecular complexity index is 1100. The van der Waals surface area contributed by atoms with Crippen LogP contribution in [0.1, 0.15) is 63.2 Å². The summed E-state index contributed by atoms with van der Waals surface area (Å²) in [6, 6.07) is 5.60. The Kier molecular flexibility index (Phi) is 6.05. The Labute approximate surface area is 196 Å². The Hall–Kier alpha value is -3.30. The van der Waals surface area contributed by atoms with Gasteiger partial charge in [-0.3, -0.25) is 14.5 Å². The number of urea groups is 1. The van der Waals surface area contributed by atoms with Crippen molar-refractivity contribution in [2.45, 2.75) is 62.8 Å². The molecular weight excluding hydrogens is 441 g/mol. The highest BCUT2D eigenvalue weighted by Crippen LogP contribution is 2.34. The standard InChI is InChI=1S/C24H28FN5O4/c25-18-8-4-6-16(14-18)20-26-21(34-28-20)17-7-5-12-29(15-17)19(31)9-13-30-22(32)24(27-23(30)33)10-2-1-3-11-24/h4,6,8,14,17H,1-3,5,7,9-13,15H2,(H,27,33). The van der Waals surface area contributed by atoms with Crippen LogP contribution in [-0.4, -0.2) is 63.0 Å². The number of hydrogen-bond donors (Lipinski definition) is 1. The van der Waals surface area contributed by atoms with Gasteiger partial charge in [0.2, 0.25) is 17.6 Å². The molecule has 1 atom stereocenters. The van der Waals surface area contributed by atoms with Gasteiger partial charge in [-0.25, -0.2) is 9.18 Å². The first-order chi connectivity index (χ1) is 16.4. The summed E-state index contributed by atoms with van der Waals surface area (Å²) < 4.78 is 18.9. The van der Waals surface area contributed by atoms with Gasteiger partial charge in [-0.1, -0.05) is 36.6 Å². The van der Waals surface area contributed by atoms with E-state index in [1.54, 1.807) is 17.0 Å². The number of aromatic nitrogens is 2. The molecule has 0 bridgehead atoms. The number of amides is 4. The third kappa shape index (κ3) is 4.28. The lowest BCUT2D eigenvalue weighted by molar-refractivity contribution is -0.135. The maximum Gasteiger partial charge on any atom is 0.325 e. The van der Waals surface area contributed by atoms with Crippen LogP contribution in [0.3, 0.4) is 0 Å². The van der Waals surface area contributed by atoms with Gasteiger partial charge in [0.15, 0.2) is 0 Å². The van der Waals surface area contributed by atoms with E-state index >= 15 is 0 Å². The third-order valence-corrected chi connectivity index (χ3v) is 7.15. The second-order valence-corrected chi connectivity index (χ2v) is 9.43. The molecule has 3 fully saturated rings. The summed E-state index contributed by atoms with van der Waals surface area (Å²) in [5.41, 5.74) is -0.241. The Balaban J connectivity index is 1.19. The van der Waals surface area contributed by atoms with Crippen molar-refractivity contribution >= 4 is 17.8 Å². The van der Waals surface area contributed by atoms with E-state index in [-0.39, 0.29) is 36.5 Å². The summed E-state index contributed by atoms with van der Waals surface area (Å²) >= 11 is 0. The molecule has 3 heterocycles. The molecule has 1 unspecified atom stereocenters. The highest BCUT2D eigenvalue weighted by molar-refractivity contribution is 6.07. The van der Waals surface area contributed by atoms with Crippen LogP contribution in [-0.2, 0) is 9.59 Å². The predicted molar refractivity (Wildman–Crippen MR) is 119 cm³/mol. The second kappa shape index (κ2) is 9.15. The van der Waals surface area contributed by atoms with E-state index in [2.05, 4.69) is 15.5 Å². The first-order valence-electron chi connectivity index (χ1n) is 12.0. The van der Waals surface area contributed by atoms with Gasteiger partial charge in [-0.15, -0.1) is 0 Å². The van der Waals surface area contributed by atoms with Crippen molar-refractivity contribution in [2.75, 3.05) is 19.6 Å². The van der Waals surface area contributed by atoms with Gasteiger partial charge >= 0.3 is 6.03 Å². The van der Waals surface area contributed by atoms with Crippen LogP contribution in [0.2, 0.25) is 0 Å². The summed E-state index contributed by atoms with van der Waals surface area (Å²) in [5.74, 6) is -0.0668. The first-order valence-corrected chi connectivity index (χ1v) is 12.0.